The molecule has 0 heterocycles. The summed E-state index contributed by atoms with van der Waals surface area (Å²) in [5.74, 6) is 0. The van der Waals surface area contributed by atoms with Crippen molar-refractivity contribution in [2.75, 3.05) is 6.54 Å². The standard InChI is InChI=1S/C3H8N2O.H3O4P/c1-2-5-3(4)6;1-5(2,3)4/h2H2,1H3,(H3,4,5,6);(H3,1,2,3,4). The Kier molecular flexibility index (Phi) is 7.23. The Morgan fingerprint density at radius 2 is 1.82 bits per heavy atom. The molecule has 0 aliphatic rings. The number of primary amides is 1. The van der Waals surface area contributed by atoms with E-state index in [4.69, 9.17) is 19.2 Å². The molecule has 11 heavy (non-hydrogen) atoms. The predicted molar refractivity (Wildman–Crippen MR) is 37.5 cm³/mol. The third kappa shape index (κ3) is 90.2. The van der Waals surface area contributed by atoms with Gasteiger partial charge in [0.05, 0.1) is 0 Å². The van der Waals surface area contributed by atoms with Gasteiger partial charge in [0.25, 0.3) is 0 Å². The number of rotatable bonds is 1. The molecule has 0 radical (unpaired) electrons. The molecule has 0 saturated heterocycles. The highest BCUT2D eigenvalue weighted by atomic mass is 31.2. The second kappa shape index (κ2) is 6.11. The third-order valence-corrected chi connectivity index (χ3v) is 0.351. The van der Waals surface area contributed by atoms with Gasteiger partial charge in [-0.3, -0.25) is 0 Å². The van der Waals surface area contributed by atoms with Gasteiger partial charge in [-0.15, -0.1) is 0 Å². The number of carbonyl (C=O) groups is 1. The lowest BCUT2D eigenvalue weighted by molar-refractivity contribution is 0.249. The number of hydrogen-bond donors (Lipinski definition) is 5. The smallest absolute Gasteiger partial charge is 0.352 e. The fourth-order valence-electron chi connectivity index (χ4n) is 0.174. The Morgan fingerprint density at radius 1 is 1.55 bits per heavy atom. The average molecular weight is 186 g/mol. The highest BCUT2D eigenvalue weighted by Crippen LogP contribution is 2.25. The summed E-state index contributed by atoms with van der Waals surface area (Å²) in [6, 6.07) is -0.461. The molecule has 6 N–H and O–H groups in total. The maximum Gasteiger partial charge on any atom is 0.466 e. The van der Waals surface area contributed by atoms with E-state index in [1.54, 1.807) is 0 Å². The lowest BCUT2D eigenvalue weighted by Gasteiger charge is -1.88. The molecule has 8 heteroatoms. The molecule has 0 aromatic heterocycles. The van der Waals surface area contributed by atoms with E-state index in [9.17, 15) is 4.79 Å². The molecular formula is C3H11N2O5P. The Balaban J connectivity index is 0. The first-order valence-electron chi connectivity index (χ1n) is 2.59. The number of nitrogens with one attached hydrogen (secondary N) is 1. The SMILES string of the molecule is CCNC(N)=O.O=P(O)(O)O. The zero-order valence-corrected chi connectivity index (χ0v) is 6.78. The van der Waals surface area contributed by atoms with E-state index >= 15 is 0 Å². The maximum absolute atomic E-state index is 9.71. The minimum Gasteiger partial charge on any atom is -0.352 e. The van der Waals surface area contributed by atoms with Crippen molar-refractivity contribution in [1.82, 2.24) is 5.32 Å². The van der Waals surface area contributed by atoms with Gasteiger partial charge in [0.15, 0.2) is 0 Å². The van der Waals surface area contributed by atoms with E-state index in [2.05, 4.69) is 11.1 Å². The fourth-order valence-corrected chi connectivity index (χ4v) is 0.174. The number of urea groups is 1. The van der Waals surface area contributed by atoms with Crippen LogP contribution < -0.4 is 11.1 Å². The van der Waals surface area contributed by atoms with E-state index in [0.717, 1.165) is 0 Å². The van der Waals surface area contributed by atoms with Gasteiger partial charge >= 0.3 is 13.9 Å². The monoisotopic (exact) mass is 186 g/mol. The fraction of sp³-hybridized carbons (Fsp3) is 0.667. The lowest BCUT2D eigenvalue weighted by Crippen LogP contribution is -2.28. The van der Waals surface area contributed by atoms with Crippen LogP contribution in [0.1, 0.15) is 6.92 Å². The van der Waals surface area contributed by atoms with Crippen molar-refractivity contribution in [3.63, 3.8) is 0 Å². The van der Waals surface area contributed by atoms with Gasteiger partial charge in [-0.2, -0.15) is 0 Å². The van der Waals surface area contributed by atoms with Crippen LogP contribution in [-0.2, 0) is 4.57 Å². The number of nitrogens with two attached hydrogens (primary N) is 1. The second-order valence-corrected chi connectivity index (χ2v) is 2.43. The summed E-state index contributed by atoms with van der Waals surface area (Å²) in [7, 11) is -4.64. The molecule has 68 valence electrons. The molecule has 0 saturated carbocycles. The topological polar surface area (TPSA) is 133 Å². The van der Waals surface area contributed by atoms with E-state index in [1.165, 1.54) is 0 Å². The van der Waals surface area contributed by atoms with E-state index in [1.807, 2.05) is 6.92 Å². The number of phosphoric acid groups is 1. The largest absolute Gasteiger partial charge is 0.466 e. The molecule has 2 amide bonds. The quantitative estimate of drug-likeness (QED) is 0.326. The molecule has 0 aromatic rings. The zero-order chi connectivity index (χ0) is 9.49. The molecule has 0 fully saturated rings. The Hall–Kier alpha value is -0.620. The first kappa shape index (κ1) is 13.0. The van der Waals surface area contributed by atoms with Crippen molar-refractivity contribution in [3.05, 3.63) is 0 Å². The number of amides is 2. The molecule has 0 atom stereocenters. The third-order valence-electron chi connectivity index (χ3n) is 0.351. The van der Waals surface area contributed by atoms with Crippen molar-refractivity contribution >= 4 is 13.9 Å². The molecule has 7 nitrogen and oxygen atoms in total. The van der Waals surface area contributed by atoms with Crippen LogP contribution >= 0.6 is 7.82 Å². The first-order chi connectivity index (χ1) is 4.77. The highest BCUT2D eigenvalue weighted by molar-refractivity contribution is 7.45. The maximum atomic E-state index is 9.71. The van der Waals surface area contributed by atoms with Crippen molar-refractivity contribution < 1.29 is 24.0 Å². The normalized spacial score (nSPS) is 9.45. The van der Waals surface area contributed by atoms with Crippen molar-refractivity contribution in [1.29, 1.82) is 0 Å². The van der Waals surface area contributed by atoms with Crippen LogP contribution in [0.2, 0.25) is 0 Å². The minimum atomic E-state index is -4.64. The molecule has 0 rings (SSSR count). The summed E-state index contributed by atoms with van der Waals surface area (Å²) in [4.78, 5) is 31.3. The van der Waals surface area contributed by atoms with Gasteiger partial charge in [-0.1, -0.05) is 0 Å². The molecule has 0 aromatic carbocycles. The Bertz CT molecular complexity index is 146. The summed E-state index contributed by atoms with van der Waals surface area (Å²) >= 11 is 0. The van der Waals surface area contributed by atoms with Crippen LogP contribution in [0.3, 0.4) is 0 Å². The molecule has 0 unspecified atom stereocenters. The molecule has 0 aliphatic heterocycles. The van der Waals surface area contributed by atoms with Crippen LogP contribution in [-0.4, -0.2) is 27.3 Å². The average Bonchev–Trinajstić information content (AvgIpc) is 1.58. The van der Waals surface area contributed by atoms with Crippen LogP contribution in [0.4, 0.5) is 4.79 Å². The van der Waals surface area contributed by atoms with Gasteiger partial charge in [0.1, 0.15) is 0 Å². The Labute approximate surface area is 63.5 Å². The van der Waals surface area contributed by atoms with Crippen molar-refractivity contribution in [2.45, 2.75) is 6.92 Å². The van der Waals surface area contributed by atoms with Crippen LogP contribution in [0.5, 0.6) is 0 Å². The zero-order valence-electron chi connectivity index (χ0n) is 5.89. The van der Waals surface area contributed by atoms with Gasteiger partial charge in [-0.25, -0.2) is 9.36 Å². The minimum absolute atomic E-state index is 0.461. The summed E-state index contributed by atoms with van der Waals surface area (Å²) < 4.78 is 8.88. The molecule has 0 spiro atoms. The van der Waals surface area contributed by atoms with Gasteiger partial charge < -0.3 is 25.7 Å². The predicted octanol–water partition coefficient (Wildman–Crippen LogP) is -1.25. The van der Waals surface area contributed by atoms with Crippen LogP contribution in [0.15, 0.2) is 0 Å². The van der Waals surface area contributed by atoms with Crippen LogP contribution in [0.25, 0.3) is 0 Å². The van der Waals surface area contributed by atoms with Crippen molar-refractivity contribution in [2.24, 2.45) is 5.73 Å². The number of carbonyl (C=O) groups excluding carboxylic acids is 1. The lowest BCUT2D eigenvalue weighted by atomic mass is 10.7. The molecular weight excluding hydrogens is 175 g/mol. The summed E-state index contributed by atoms with van der Waals surface area (Å²) in [5, 5.41) is 2.35. The van der Waals surface area contributed by atoms with Crippen molar-refractivity contribution in [3.8, 4) is 0 Å². The Morgan fingerprint density at radius 3 is 1.82 bits per heavy atom. The summed E-state index contributed by atoms with van der Waals surface area (Å²) in [6.45, 7) is 2.42. The van der Waals surface area contributed by atoms with E-state index in [-0.39, 0.29) is 0 Å². The van der Waals surface area contributed by atoms with Gasteiger partial charge in [0.2, 0.25) is 0 Å². The first-order valence-corrected chi connectivity index (χ1v) is 4.15. The summed E-state index contributed by atoms with van der Waals surface area (Å²) in [5.41, 5.74) is 4.65. The summed E-state index contributed by atoms with van der Waals surface area (Å²) in [6.07, 6.45) is 0. The van der Waals surface area contributed by atoms with Crippen LogP contribution in [0, 0.1) is 0 Å². The van der Waals surface area contributed by atoms with E-state index in [0.29, 0.717) is 6.54 Å². The second-order valence-electron chi connectivity index (χ2n) is 1.41. The van der Waals surface area contributed by atoms with Gasteiger partial charge in [-0.05, 0) is 6.92 Å². The van der Waals surface area contributed by atoms with Gasteiger partial charge in [0, 0.05) is 6.54 Å². The molecule has 0 aliphatic carbocycles. The number of hydrogen-bond acceptors (Lipinski definition) is 2. The highest BCUT2D eigenvalue weighted by Gasteiger charge is 2.00. The van der Waals surface area contributed by atoms with E-state index < -0.39 is 13.9 Å². The molecule has 0 bridgehead atoms.